The zero-order chi connectivity index (χ0) is 27.6. The molecule has 0 fully saturated rings. The lowest BCUT2D eigenvalue weighted by molar-refractivity contribution is -0.170. The van der Waals surface area contributed by atoms with E-state index in [2.05, 4.69) is 50.5 Å². The third-order valence-corrected chi connectivity index (χ3v) is 6.88. The Bertz CT molecular complexity index is 790. The van der Waals surface area contributed by atoms with E-state index in [0.29, 0.717) is 0 Å². The van der Waals surface area contributed by atoms with Gasteiger partial charge in [0.2, 0.25) is 15.0 Å². The highest BCUT2D eigenvalue weighted by Crippen LogP contribution is 2.22. The number of rotatable bonds is 19. The van der Waals surface area contributed by atoms with Gasteiger partial charge in [-0.05, 0) is 5.75 Å². The van der Waals surface area contributed by atoms with Crippen molar-refractivity contribution in [3.8, 4) is 0 Å². The van der Waals surface area contributed by atoms with Gasteiger partial charge < -0.3 is 18.9 Å². The molecule has 0 unspecified atom stereocenters. The Kier molecular flexibility index (Phi) is 18.5. The molecule has 0 spiro atoms. The predicted octanol–water partition coefficient (Wildman–Crippen LogP) is 0.757. The Hall–Kier alpha value is -1.10. The van der Waals surface area contributed by atoms with Gasteiger partial charge in [-0.3, -0.25) is 24.0 Å². The minimum Gasteiger partial charge on any atom is -0.465 e. The van der Waals surface area contributed by atoms with Gasteiger partial charge in [-0.2, -0.15) is 50.5 Å². The molecule has 0 amide bonds. The summed E-state index contributed by atoms with van der Waals surface area (Å²) >= 11 is 15.7. The van der Waals surface area contributed by atoms with Crippen molar-refractivity contribution in [2.24, 2.45) is 5.41 Å². The minimum atomic E-state index is -4.17. The van der Waals surface area contributed by atoms with Gasteiger partial charge in [0.15, 0.2) is 0 Å². The average Bonchev–Trinajstić information content (AvgIpc) is 2.82. The van der Waals surface area contributed by atoms with Crippen LogP contribution in [0, 0.1) is 5.41 Å². The van der Waals surface area contributed by atoms with E-state index in [1.165, 1.54) is 0 Å². The molecule has 0 aliphatic rings. The van der Waals surface area contributed by atoms with E-state index in [1.54, 1.807) is 0 Å². The van der Waals surface area contributed by atoms with Crippen LogP contribution in [0.5, 0.6) is 0 Å². The molecule has 16 heteroatoms. The number of carbonyl (C=O) groups excluding carboxylic acids is 5. The fourth-order valence-electron chi connectivity index (χ4n) is 2.33. The van der Waals surface area contributed by atoms with Crippen LogP contribution in [0.15, 0.2) is 0 Å². The van der Waals surface area contributed by atoms with Crippen LogP contribution in [0.1, 0.15) is 32.1 Å². The van der Waals surface area contributed by atoms with E-state index >= 15 is 0 Å². The standard InChI is InChI=1S/C20H32O11S5/c21-15(1-6-32)28-11-20(12-29-16(22)2-7-33,13-30-17(23)3-8-34)14-31-18(24)5-10-36(26,27)19(25)4-9-35/h32-35H,1-14H2. The van der Waals surface area contributed by atoms with E-state index in [-0.39, 0.29) is 48.7 Å². The van der Waals surface area contributed by atoms with Crippen molar-refractivity contribution in [2.75, 3.05) is 55.2 Å². The van der Waals surface area contributed by atoms with Crippen LogP contribution in [0.3, 0.4) is 0 Å². The largest absolute Gasteiger partial charge is 0.465 e. The fraction of sp³-hybridized carbons (Fsp3) is 0.750. The van der Waals surface area contributed by atoms with Crippen molar-refractivity contribution in [2.45, 2.75) is 32.1 Å². The van der Waals surface area contributed by atoms with Gasteiger partial charge >= 0.3 is 23.9 Å². The van der Waals surface area contributed by atoms with E-state index in [4.69, 9.17) is 18.9 Å². The summed E-state index contributed by atoms with van der Waals surface area (Å²) in [5.74, 6) is -3.02. The van der Waals surface area contributed by atoms with Crippen molar-refractivity contribution < 1.29 is 51.3 Å². The predicted molar refractivity (Wildman–Crippen MR) is 144 cm³/mol. The molecule has 36 heavy (non-hydrogen) atoms. The van der Waals surface area contributed by atoms with Crippen LogP contribution < -0.4 is 0 Å². The molecule has 0 saturated heterocycles. The van der Waals surface area contributed by atoms with Gasteiger partial charge in [0.1, 0.15) is 31.8 Å². The third-order valence-electron chi connectivity index (χ3n) is 4.34. The summed E-state index contributed by atoms with van der Waals surface area (Å²) in [4.78, 5) is 59.7. The lowest BCUT2D eigenvalue weighted by Gasteiger charge is -2.31. The van der Waals surface area contributed by atoms with Gasteiger partial charge in [-0.15, -0.1) is 0 Å². The first-order valence-electron chi connectivity index (χ1n) is 10.8. The molecular formula is C20H32O11S5. The Morgan fingerprint density at radius 2 is 0.833 bits per heavy atom. The molecule has 11 nitrogen and oxygen atoms in total. The second kappa shape index (κ2) is 19.0. The molecule has 0 aliphatic heterocycles. The smallest absolute Gasteiger partial charge is 0.306 e. The monoisotopic (exact) mass is 608 g/mol. The minimum absolute atomic E-state index is 0.0317. The highest BCUT2D eigenvalue weighted by Gasteiger charge is 2.38. The van der Waals surface area contributed by atoms with Gasteiger partial charge in [0, 0.05) is 23.7 Å². The molecule has 0 N–H and O–H groups in total. The zero-order valence-corrected chi connectivity index (χ0v) is 24.0. The number of hydrogen-bond donors (Lipinski definition) is 4. The number of hydrogen-bond acceptors (Lipinski definition) is 15. The Balaban J connectivity index is 5.55. The highest BCUT2D eigenvalue weighted by molar-refractivity contribution is 8.06. The maximum Gasteiger partial charge on any atom is 0.306 e. The van der Waals surface area contributed by atoms with E-state index in [9.17, 15) is 32.4 Å². The molecule has 0 radical (unpaired) electrons. The number of ether oxygens (including phenoxy) is 4. The molecule has 0 heterocycles. The quantitative estimate of drug-likeness (QED) is 0.0933. The van der Waals surface area contributed by atoms with Crippen LogP contribution in [0.4, 0.5) is 0 Å². The highest BCUT2D eigenvalue weighted by atomic mass is 32.2. The zero-order valence-electron chi connectivity index (χ0n) is 19.6. The Morgan fingerprint density at radius 3 is 1.14 bits per heavy atom. The first-order chi connectivity index (χ1) is 16.9. The number of carbonyl (C=O) groups is 5. The van der Waals surface area contributed by atoms with Gasteiger partial charge in [-0.1, -0.05) is 0 Å². The first kappa shape index (κ1) is 34.9. The van der Waals surface area contributed by atoms with Crippen molar-refractivity contribution in [3.63, 3.8) is 0 Å². The lowest BCUT2D eigenvalue weighted by Crippen LogP contribution is -2.44. The SMILES string of the molecule is O=C(CCS)OCC(COC(=O)CCS)(COC(=O)CCS)COC(=O)CCS(=O)(=O)C(=O)CCS. The van der Waals surface area contributed by atoms with Gasteiger partial charge in [0.05, 0.1) is 31.4 Å². The molecule has 208 valence electrons. The molecule has 0 aromatic heterocycles. The normalized spacial score (nSPS) is 11.4. The van der Waals surface area contributed by atoms with E-state index in [0.717, 1.165) is 0 Å². The topological polar surface area (TPSA) is 156 Å². The second-order valence-electron chi connectivity index (χ2n) is 7.48. The van der Waals surface area contributed by atoms with Crippen LogP contribution in [-0.2, 0) is 52.8 Å². The Labute approximate surface area is 232 Å². The Morgan fingerprint density at radius 1 is 0.528 bits per heavy atom. The molecule has 0 aliphatic carbocycles. The van der Waals surface area contributed by atoms with Crippen LogP contribution in [0.25, 0.3) is 0 Å². The van der Waals surface area contributed by atoms with Crippen molar-refractivity contribution in [3.05, 3.63) is 0 Å². The fourth-order valence-corrected chi connectivity index (χ4v) is 4.30. The summed E-state index contributed by atoms with van der Waals surface area (Å²) in [5, 5.41) is -1.04. The van der Waals surface area contributed by atoms with Crippen LogP contribution in [-0.4, -0.2) is 92.6 Å². The maximum atomic E-state index is 12.3. The molecule has 0 bridgehead atoms. The second-order valence-corrected chi connectivity index (χ2v) is 11.4. The van der Waals surface area contributed by atoms with Crippen LogP contribution >= 0.6 is 50.5 Å². The van der Waals surface area contributed by atoms with Gasteiger partial charge in [0.25, 0.3) is 0 Å². The molecule has 0 aromatic carbocycles. The van der Waals surface area contributed by atoms with Crippen LogP contribution in [0.2, 0.25) is 0 Å². The summed E-state index contributed by atoms with van der Waals surface area (Å²) in [7, 11) is -4.17. The molecule has 0 aromatic rings. The summed E-state index contributed by atoms with van der Waals surface area (Å²) in [6.07, 6.45) is -1.02. The number of sulfone groups is 1. The molecule has 0 atom stereocenters. The summed E-state index contributed by atoms with van der Waals surface area (Å²) in [6.45, 7) is -1.90. The van der Waals surface area contributed by atoms with Crippen molar-refractivity contribution >= 4 is 89.3 Å². The lowest BCUT2D eigenvalue weighted by atomic mass is 9.92. The van der Waals surface area contributed by atoms with E-state index < -0.39 is 82.8 Å². The number of thiol groups is 4. The van der Waals surface area contributed by atoms with Crippen molar-refractivity contribution in [1.82, 2.24) is 0 Å². The summed E-state index contributed by atoms with van der Waals surface area (Å²) < 4.78 is 44.7. The van der Waals surface area contributed by atoms with E-state index in [1.807, 2.05) is 0 Å². The molecular weight excluding hydrogens is 577 g/mol. The molecule has 0 rings (SSSR count). The number of esters is 4. The first-order valence-corrected chi connectivity index (χ1v) is 14.9. The third kappa shape index (κ3) is 15.2. The maximum absolute atomic E-state index is 12.3. The summed E-state index contributed by atoms with van der Waals surface area (Å²) in [6, 6.07) is 0. The molecule has 0 saturated carbocycles. The average molecular weight is 609 g/mol. The van der Waals surface area contributed by atoms with Crippen molar-refractivity contribution in [1.29, 1.82) is 0 Å². The van der Waals surface area contributed by atoms with Gasteiger partial charge in [-0.25, -0.2) is 8.42 Å². The summed E-state index contributed by atoms with van der Waals surface area (Å²) in [5.41, 5.74) is -1.48.